The molecule has 0 bridgehead atoms. The van der Waals surface area contributed by atoms with Crippen LogP contribution in [-0.4, -0.2) is 24.1 Å². The molecule has 0 fully saturated rings. The molecule has 8 heteroatoms. The predicted molar refractivity (Wildman–Crippen MR) is 122 cm³/mol. The van der Waals surface area contributed by atoms with Gasteiger partial charge in [0.15, 0.2) is 0 Å². The number of para-hydroxylation sites is 2. The summed E-state index contributed by atoms with van der Waals surface area (Å²) in [6.45, 7) is -0.112. The van der Waals surface area contributed by atoms with Gasteiger partial charge in [0.1, 0.15) is 6.54 Å². The molecule has 0 unspecified atom stereocenters. The first-order chi connectivity index (χ1) is 14.0. The van der Waals surface area contributed by atoms with Crippen LogP contribution in [0.1, 0.15) is 11.3 Å². The molecule has 2 aromatic carbocycles. The van der Waals surface area contributed by atoms with Gasteiger partial charge in [-0.2, -0.15) is 0 Å². The number of aliphatic imine (C=N–C) groups is 1. The van der Waals surface area contributed by atoms with Crippen LogP contribution in [0.4, 0.5) is 17.1 Å². The van der Waals surface area contributed by atoms with E-state index in [0.29, 0.717) is 27.8 Å². The summed E-state index contributed by atoms with van der Waals surface area (Å²) >= 11 is 10.9. The number of nitrogens with zero attached hydrogens (tertiary/aromatic N) is 2. The van der Waals surface area contributed by atoms with Gasteiger partial charge in [-0.25, -0.2) is 4.99 Å². The lowest BCUT2D eigenvalue weighted by atomic mass is 10.2. The third-order valence-electron chi connectivity index (χ3n) is 4.32. The molecule has 0 spiro atoms. The fourth-order valence-corrected chi connectivity index (χ4v) is 4.60. The summed E-state index contributed by atoms with van der Waals surface area (Å²) in [4.78, 5) is 32.8. The van der Waals surface area contributed by atoms with Crippen molar-refractivity contribution >= 4 is 73.5 Å². The molecule has 2 amide bonds. The lowest BCUT2D eigenvalue weighted by molar-refractivity contribution is -0.120. The first kappa shape index (κ1) is 19.8. The van der Waals surface area contributed by atoms with E-state index in [0.717, 1.165) is 8.66 Å². The van der Waals surface area contributed by atoms with Gasteiger partial charge >= 0.3 is 0 Å². The van der Waals surface area contributed by atoms with Crippen molar-refractivity contribution in [3.63, 3.8) is 0 Å². The van der Waals surface area contributed by atoms with E-state index >= 15 is 0 Å². The Morgan fingerprint density at radius 3 is 2.76 bits per heavy atom. The van der Waals surface area contributed by atoms with Gasteiger partial charge in [0.05, 0.1) is 32.2 Å². The number of nitrogens with one attached hydrogen (secondary N) is 1. The van der Waals surface area contributed by atoms with Crippen LogP contribution in [0.15, 0.2) is 69.4 Å². The van der Waals surface area contributed by atoms with E-state index in [9.17, 15) is 9.59 Å². The van der Waals surface area contributed by atoms with Crippen molar-refractivity contribution in [2.45, 2.75) is 6.42 Å². The minimum atomic E-state index is -0.308. The van der Waals surface area contributed by atoms with Crippen molar-refractivity contribution in [3.05, 3.63) is 74.3 Å². The Labute approximate surface area is 185 Å². The normalized spacial score (nSPS) is 13.5. The second-order valence-electron chi connectivity index (χ2n) is 6.37. The highest BCUT2D eigenvalue weighted by atomic mass is 79.9. The summed E-state index contributed by atoms with van der Waals surface area (Å²) in [7, 11) is 0. The summed E-state index contributed by atoms with van der Waals surface area (Å²) < 4.78 is 0.970. The number of thiophene rings is 1. The Morgan fingerprint density at radius 2 is 2.00 bits per heavy atom. The number of benzene rings is 2. The number of hydrogen-bond acceptors (Lipinski definition) is 4. The molecule has 146 valence electrons. The Balaban J connectivity index is 1.60. The average Bonchev–Trinajstić information content (AvgIpc) is 3.07. The molecule has 1 aliphatic rings. The molecular weight excluding hydrogens is 474 g/mol. The maximum absolute atomic E-state index is 13.0. The summed E-state index contributed by atoms with van der Waals surface area (Å²) in [6, 6.07) is 18.1. The first-order valence-corrected chi connectivity index (χ1v) is 10.8. The number of anilines is 2. The van der Waals surface area contributed by atoms with Crippen molar-refractivity contribution in [1.29, 1.82) is 0 Å². The lowest BCUT2D eigenvalue weighted by Gasteiger charge is -2.21. The second kappa shape index (κ2) is 8.49. The van der Waals surface area contributed by atoms with E-state index < -0.39 is 0 Å². The van der Waals surface area contributed by atoms with E-state index in [4.69, 9.17) is 16.6 Å². The number of carbonyl (C=O) groups excluding carboxylic acids is 2. The Kier molecular flexibility index (Phi) is 5.80. The molecule has 1 aromatic heterocycles. The van der Waals surface area contributed by atoms with Crippen molar-refractivity contribution in [3.8, 4) is 0 Å². The molecule has 4 rings (SSSR count). The Bertz CT molecular complexity index is 1130. The number of carbonyl (C=O) groups is 2. The molecule has 1 aliphatic heterocycles. The highest BCUT2D eigenvalue weighted by Gasteiger charge is 2.27. The molecule has 0 aliphatic carbocycles. The smallest absolute Gasteiger partial charge is 0.244 e. The van der Waals surface area contributed by atoms with E-state index in [-0.39, 0.29) is 24.8 Å². The van der Waals surface area contributed by atoms with Crippen molar-refractivity contribution in [2.24, 2.45) is 4.99 Å². The molecular formula is C21H15BrClN3O2S. The summed E-state index contributed by atoms with van der Waals surface area (Å²) in [5.41, 5.74) is 2.55. The van der Waals surface area contributed by atoms with Crippen LogP contribution in [0.25, 0.3) is 0 Å². The van der Waals surface area contributed by atoms with Crippen molar-refractivity contribution in [2.75, 3.05) is 16.8 Å². The van der Waals surface area contributed by atoms with E-state index in [1.807, 2.05) is 30.3 Å². The predicted octanol–water partition coefficient (Wildman–Crippen LogP) is 5.66. The standard InChI is InChI=1S/C21H15BrClN3O2S/c22-19-9-8-18(29-19)16-11-21(28)26(17-7-2-1-6-15(17)25-16)12-20(27)24-14-5-3-4-13(23)10-14/h1-10H,11-12H2,(H,24,27). The lowest BCUT2D eigenvalue weighted by Crippen LogP contribution is -2.38. The van der Waals surface area contributed by atoms with Crippen molar-refractivity contribution < 1.29 is 9.59 Å². The van der Waals surface area contributed by atoms with Gasteiger partial charge in [0, 0.05) is 10.7 Å². The van der Waals surface area contributed by atoms with Crippen LogP contribution < -0.4 is 10.2 Å². The summed E-state index contributed by atoms with van der Waals surface area (Å²) in [6.07, 6.45) is 0.117. The van der Waals surface area contributed by atoms with Gasteiger partial charge < -0.3 is 10.2 Å². The fraction of sp³-hybridized carbons (Fsp3) is 0.0952. The number of rotatable bonds is 4. The minimum Gasteiger partial charge on any atom is -0.324 e. The average molecular weight is 489 g/mol. The van der Waals surface area contributed by atoms with E-state index in [1.54, 1.807) is 30.3 Å². The third kappa shape index (κ3) is 4.58. The van der Waals surface area contributed by atoms with Gasteiger partial charge in [-0.1, -0.05) is 29.8 Å². The van der Waals surface area contributed by atoms with Gasteiger partial charge in [0.2, 0.25) is 11.8 Å². The van der Waals surface area contributed by atoms with Crippen LogP contribution in [0.5, 0.6) is 0 Å². The Morgan fingerprint density at radius 1 is 1.17 bits per heavy atom. The third-order valence-corrected chi connectivity index (χ3v) is 6.22. The molecule has 29 heavy (non-hydrogen) atoms. The zero-order chi connectivity index (χ0) is 20.4. The highest BCUT2D eigenvalue weighted by molar-refractivity contribution is 9.11. The molecule has 0 saturated heterocycles. The largest absolute Gasteiger partial charge is 0.324 e. The molecule has 1 N–H and O–H groups in total. The maximum Gasteiger partial charge on any atom is 0.244 e. The van der Waals surface area contributed by atoms with Gasteiger partial charge in [-0.3, -0.25) is 9.59 Å². The number of halogens is 2. The number of fused-ring (bicyclic) bond motifs is 1. The van der Waals surface area contributed by atoms with Gasteiger partial charge in [-0.15, -0.1) is 11.3 Å². The zero-order valence-corrected chi connectivity index (χ0v) is 18.2. The molecule has 0 radical (unpaired) electrons. The minimum absolute atomic E-state index is 0.112. The van der Waals surface area contributed by atoms with Crippen LogP contribution >= 0.6 is 38.9 Å². The number of hydrogen-bond donors (Lipinski definition) is 1. The van der Waals surface area contributed by atoms with Crippen LogP contribution in [0.3, 0.4) is 0 Å². The van der Waals surface area contributed by atoms with E-state index in [2.05, 4.69) is 21.2 Å². The summed E-state index contributed by atoms with van der Waals surface area (Å²) in [5.74, 6) is -0.489. The topological polar surface area (TPSA) is 61.8 Å². The highest BCUT2D eigenvalue weighted by Crippen LogP contribution is 2.34. The molecule has 0 saturated carbocycles. The van der Waals surface area contributed by atoms with Crippen LogP contribution in [0.2, 0.25) is 5.02 Å². The molecule has 3 aromatic rings. The number of amides is 2. The maximum atomic E-state index is 13.0. The zero-order valence-electron chi connectivity index (χ0n) is 15.1. The second-order valence-corrected chi connectivity index (χ2v) is 9.27. The first-order valence-electron chi connectivity index (χ1n) is 8.78. The fourth-order valence-electron chi connectivity index (χ4n) is 3.04. The van der Waals surface area contributed by atoms with Gasteiger partial charge in [-0.05, 0) is 58.4 Å². The quantitative estimate of drug-likeness (QED) is 0.515. The van der Waals surface area contributed by atoms with Crippen LogP contribution in [-0.2, 0) is 9.59 Å². The van der Waals surface area contributed by atoms with Gasteiger partial charge in [0.25, 0.3) is 0 Å². The molecule has 2 heterocycles. The Hall–Kier alpha value is -2.48. The SMILES string of the molecule is O=C(CN1C(=O)CC(c2ccc(Br)s2)=Nc2ccccc21)Nc1cccc(Cl)c1. The van der Waals surface area contributed by atoms with E-state index in [1.165, 1.54) is 16.2 Å². The molecule has 0 atom stereocenters. The monoisotopic (exact) mass is 487 g/mol. The molecule has 5 nitrogen and oxygen atoms in total. The van der Waals surface area contributed by atoms with Crippen LogP contribution in [0, 0.1) is 0 Å². The summed E-state index contributed by atoms with van der Waals surface area (Å²) in [5, 5.41) is 3.32. The van der Waals surface area contributed by atoms with Crippen molar-refractivity contribution in [1.82, 2.24) is 0 Å².